The second-order valence-corrected chi connectivity index (χ2v) is 10.7. The molecule has 1 amide bonds. The van der Waals surface area contributed by atoms with Gasteiger partial charge in [0, 0.05) is 4.90 Å². The summed E-state index contributed by atoms with van der Waals surface area (Å²) in [6.45, 7) is 3.85. The molecule has 0 radical (unpaired) electrons. The molecule has 0 fully saturated rings. The minimum atomic E-state index is -3.55. The van der Waals surface area contributed by atoms with Gasteiger partial charge in [0.15, 0.2) is 9.84 Å². The topological polar surface area (TPSA) is 72.5 Å². The smallest absolute Gasteiger partial charge is 0.262 e. The number of nitrogens with one attached hydrogen (secondary N) is 1. The van der Waals surface area contributed by atoms with Crippen molar-refractivity contribution in [2.75, 3.05) is 12.4 Å². The number of hydrogen-bond donors (Lipinski definition) is 1. The first-order valence-electron chi connectivity index (χ1n) is 10.0. The highest BCUT2D eigenvalue weighted by molar-refractivity contribution is 8.04. The lowest BCUT2D eigenvalue weighted by Crippen LogP contribution is -2.17. The number of methoxy groups -OCH3 is 1. The summed E-state index contributed by atoms with van der Waals surface area (Å²) in [4.78, 5) is 14.0. The number of thioether (sulfide) groups is 1. The monoisotopic (exact) mass is 465 g/mol. The van der Waals surface area contributed by atoms with Gasteiger partial charge in [-0.3, -0.25) is 4.79 Å². The molecule has 0 unspecified atom stereocenters. The molecule has 32 heavy (non-hydrogen) atoms. The van der Waals surface area contributed by atoms with Crippen LogP contribution in [0.4, 0.5) is 5.69 Å². The van der Waals surface area contributed by atoms with Gasteiger partial charge in [-0.15, -0.1) is 0 Å². The first kappa shape index (κ1) is 22.2. The number of aryl methyl sites for hydroxylation is 2. The largest absolute Gasteiger partial charge is 0.497 e. The van der Waals surface area contributed by atoms with Crippen LogP contribution in [0.1, 0.15) is 22.3 Å². The number of hydrogen-bond acceptors (Lipinski definition) is 5. The van der Waals surface area contributed by atoms with Crippen molar-refractivity contribution in [3.63, 3.8) is 0 Å². The molecule has 1 aliphatic rings. The lowest BCUT2D eigenvalue weighted by Gasteiger charge is -2.20. The van der Waals surface area contributed by atoms with Crippen LogP contribution in [0, 0.1) is 13.8 Å². The van der Waals surface area contributed by atoms with Crippen molar-refractivity contribution in [2.45, 2.75) is 29.4 Å². The number of rotatable bonds is 5. The van der Waals surface area contributed by atoms with Gasteiger partial charge in [-0.05, 0) is 72.5 Å². The van der Waals surface area contributed by atoms with E-state index < -0.39 is 9.84 Å². The van der Waals surface area contributed by atoms with Crippen LogP contribution in [0.15, 0.2) is 75.4 Å². The van der Waals surface area contributed by atoms with Crippen molar-refractivity contribution in [3.05, 3.63) is 87.8 Å². The molecule has 1 aliphatic heterocycles. The van der Waals surface area contributed by atoms with Gasteiger partial charge in [-0.25, -0.2) is 8.42 Å². The fourth-order valence-corrected chi connectivity index (χ4v) is 6.17. The summed E-state index contributed by atoms with van der Waals surface area (Å²) in [7, 11) is -1.95. The third-order valence-electron chi connectivity index (χ3n) is 5.40. The Labute approximate surface area is 192 Å². The molecule has 7 heteroatoms. The van der Waals surface area contributed by atoms with Crippen LogP contribution >= 0.6 is 11.8 Å². The number of carbonyl (C=O) groups is 1. The summed E-state index contributed by atoms with van der Waals surface area (Å²) >= 11 is 1.27. The van der Waals surface area contributed by atoms with Crippen LogP contribution in [0.25, 0.3) is 6.08 Å². The predicted octanol–water partition coefficient (Wildman–Crippen LogP) is 5.37. The second kappa shape index (κ2) is 8.84. The molecule has 1 N–H and O–H groups in total. The van der Waals surface area contributed by atoms with Gasteiger partial charge < -0.3 is 10.1 Å². The molecule has 0 aromatic heterocycles. The summed E-state index contributed by atoms with van der Waals surface area (Å²) in [6, 6.07) is 18.0. The van der Waals surface area contributed by atoms with Gasteiger partial charge in [0.1, 0.15) is 5.75 Å². The summed E-state index contributed by atoms with van der Waals surface area (Å²) in [5, 5.41) is 2.85. The maximum absolute atomic E-state index is 13.2. The standard InChI is InChI=1S/C25H23NO4S2/c1-16-5-4-6-17(2)21(16)15-32(28,29)20-11-12-22-23(14-20)31-24(25(27)26-22)13-18-7-9-19(30-3)10-8-18/h4-14H,15H2,1-3H3,(H,26,27). The highest BCUT2D eigenvalue weighted by Gasteiger charge is 2.25. The van der Waals surface area contributed by atoms with Gasteiger partial charge in [0.05, 0.1) is 28.4 Å². The maximum Gasteiger partial charge on any atom is 0.262 e. The molecule has 5 nitrogen and oxygen atoms in total. The van der Waals surface area contributed by atoms with Crippen molar-refractivity contribution < 1.29 is 17.9 Å². The van der Waals surface area contributed by atoms with E-state index in [1.165, 1.54) is 11.8 Å². The molecule has 0 spiro atoms. The summed E-state index contributed by atoms with van der Waals surface area (Å²) in [5.74, 6) is 0.456. The van der Waals surface area contributed by atoms with Crippen molar-refractivity contribution >= 4 is 39.3 Å². The number of ether oxygens (including phenoxy) is 1. The fourth-order valence-electron chi connectivity index (χ4n) is 3.53. The Hall–Kier alpha value is -3.03. The van der Waals surface area contributed by atoms with E-state index in [-0.39, 0.29) is 16.6 Å². The summed E-state index contributed by atoms with van der Waals surface area (Å²) < 4.78 is 31.5. The minimum Gasteiger partial charge on any atom is -0.497 e. The van der Waals surface area contributed by atoms with Crippen molar-refractivity contribution in [1.29, 1.82) is 0 Å². The Morgan fingerprint density at radius 1 is 1.00 bits per heavy atom. The number of sulfone groups is 1. The molecule has 4 rings (SSSR count). The Morgan fingerprint density at radius 2 is 1.69 bits per heavy atom. The molecule has 0 bridgehead atoms. The number of benzene rings is 3. The Morgan fingerprint density at radius 3 is 2.34 bits per heavy atom. The number of carbonyl (C=O) groups excluding carboxylic acids is 1. The van der Waals surface area contributed by atoms with Crippen molar-refractivity contribution in [2.24, 2.45) is 0 Å². The SMILES string of the molecule is COc1ccc(C=C2Sc3cc(S(=O)(=O)Cc4c(C)cccc4C)ccc3NC2=O)cc1. The zero-order chi connectivity index (χ0) is 22.9. The van der Waals surface area contributed by atoms with E-state index >= 15 is 0 Å². The molecule has 0 saturated heterocycles. The number of anilines is 1. The highest BCUT2D eigenvalue weighted by atomic mass is 32.2. The lowest BCUT2D eigenvalue weighted by molar-refractivity contribution is -0.112. The molecule has 3 aromatic rings. The third kappa shape index (κ3) is 4.59. The zero-order valence-corrected chi connectivity index (χ0v) is 19.6. The third-order valence-corrected chi connectivity index (χ3v) is 8.12. The van der Waals surface area contributed by atoms with Crippen LogP contribution in [0.3, 0.4) is 0 Å². The zero-order valence-electron chi connectivity index (χ0n) is 18.0. The fraction of sp³-hybridized carbons (Fsp3) is 0.160. The second-order valence-electron chi connectivity index (χ2n) is 7.63. The van der Waals surface area contributed by atoms with E-state index in [0.717, 1.165) is 28.0 Å². The van der Waals surface area contributed by atoms with E-state index in [0.29, 0.717) is 15.5 Å². The Balaban J connectivity index is 1.64. The van der Waals surface area contributed by atoms with Gasteiger partial charge >= 0.3 is 0 Å². The number of amides is 1. The molecule has 0 saturated carbocycles. The number of fused-ring (bicyclic) bond motifs is 1. The van der Waals surface area contributed by atoms with Crippen LogP contribution in [0.2, 0.25) is 0 Å². The van der Waals surface area contributed by atoms with E-state index in [4.69, 9.17) is 4.74 Å². The molecular formula is C25H23NO4S2. The average molecular weight is 466 g/mol. The predicted molar refractivity (Wildman–Crippen MR) is 129 cm³/mol. The molecule has 164 valence electrons. The first-order valence-corrected chi connectivity index (χ1v) is 12.5. The minimum absolute atomic E-state index is 0.0597. The molecule has 3 aromatic carbocycles. The summed E-state index contributed by atoms with van der Waals surface area (Å²) in [5.41, 5.74) is 4.20. The van der Waals surface area contributed by atoms with E-state index in [2.05, 4.69) is 5.32 Å². The Bertz CT molecular complexity index is 1310. The average Bonchev–Trinajstić information content (AvgIpc) is 2.77. The van der Waals surface area contributed by atoms with Crippen LogP contribution in [0.5, 0.6) is 5.75 Å². The quantitative estimate of drug-likeness (QED) is 0.513. The van der Waals surface area contributed by atoms with Crippen LogP contribution in [-0.4, -0.2) is 21.4 Å². The van der Waals surface area contributed by atoms with Gasteiger partial charge in [0.2, 0.25) is 0 Å². The van der Waals surface area contributed by atoms with Crippen LogP contribution in [-0.2, 0) is 20.4 Å². The van der Waals surface area contributed by atoms with E-state index in [1.807, 2.05) is 56.3 Å². The van der Waals surface area contributed by atoms with Crippen molar-refractivity contribution in [1.82, 2.24) is 0 Å². The van der Waals surface area contributed by atoms with E-state index in [1.54, 1.807) is 31.4 Å². The van der Waals surface area contributed by atoms with Gasteiger partial charge in [-0.1, -0.05) is 42.1 Å². The molecule has 1 heterocycles. The van der Waals surface area contributed by atoms with Crippen LogP contribution < -0.4 is 10.1 Å². The normalized spacial score (nSPS) is 14.7. The van der Waals surface area contributed by atoms with Crippen molar-refractivity contribution in [3.8, 4) is 5.75 Å². The first-order chi connectivity index (χ1) is 15.3. The van der Waals surface area contributed by atoms with Gasteiger partial charge in [-0.2, -0.15) is 0 Å². The highest BCUT2D eigenvalue weighted by Crippen LogP contribution is 2.40. The van der Waals surface area contributed by atoms with E-state index in [9.17, 15) is 13.2 Å². The lowest BCUT2D eigenvalue weighted by atomic mass is 10.1. The maximum atomic E-state index is 13.2. The molecular weight excluding hydrogens is 442 g/mol. The molecule has 0 atom stereocenters. The summed E-state index contributed by atoms with van der Waals surface area (Å²) in [6.07, 6.45) is 1.78. The Kier molecular flexibility index (Phi) is 6.13. The van der Waals surface area contributed by atoms with Gasteiger partial charge in [0.25, 0.3) is 5.91 Å². The molecule has 0 aliphatic carbocycles.